The van der Waals surface area contributed by atoms with Gasteiger partial charge < -0.3 is 9.84 Å². The van der Waals surface area contributed by atoms with Gasteiger partial charge in [0.05, 0.1) is 11.5 Å². The molecule has 0 heterocycles. The molecule has 0 amide bonds. The van der Waals surface area contributed by atoms with Gasteiger partial charge in [-0.05, 0) is 56.8 Å². The summed E-state index contributed by atoms with van der Waals surface area (Å²) in [6, 6.07) is 0. The minimum Gasteiger partial charge on any atom is -0.462 e. The average molecular weight is 296 g/mol. The third-order valence-corrected chi connectivity index (χ3v) is 5.69. The lowest BCUT2D eigenvalue weighted by Gasteiger charge is -2.46. The fraction of sp³-hybridized carbons (Fsp3) is 0.882. The summed E-state index contributed by atoms with van der Waals surface area (Å²) in [6.45, 7) is 9.20. The zero-order chi connectivity index (χ0) is 15.9. The second-order valence-corrected chi connectivity index (χ2v) is 7.51. The van der Waals surface area contributed by atoms with Gasteiger partial charge in [0.25, 0.3) is 0 Å². The van der Waals surface area contributed by atoms with Crippen LogP contribution in [0, 0.1) is 29.6 Å². The average Bonchev–Trinajstić information content (AvgIpc) is 2.67. The summed E-state index contributed by atoms with van der Waals surface area (Å²) in [5.41, 5.74) is -0.765. The molecule has 0 saturated heterocycles. The van der Waals surface area contributed by atoms with Crippen LogP contribution in [0.1, 0.15) is 53.9 Å². The zero-order valence-electron chi connectivity index (χ0n) is 13.8. The van der Waals surface area contributed by atoms with Crippen LogP contribution >= 0.6 is 0 Å². The van der Waals surface area contributed by atoms with Crippen molar-refractivity contribution >= 4 is 11.8 Å². The Labute approximate surface area is 127 Å². The monoisotopic (exact) mass is 296 g/mol. The highest BCUT2D eigenvalue weighted by Gasteiger charge is 2.58. The molecule has 0 aromatic rings. The number of fused-ring (bicyclic) bond motifs is 1. The fourth-order valence-electron chi connectivity index (χ4n) is 4.77. The third-order valence-electron chi connectivity index (χ3n) is 5.69. The maximum absolute atomic E-state index is 12.2. The molecular formula is C17H28O4. The van der Waals surface area contributed by atoms with Crippen molar-refractivity contribution in [2.75, 3.05) is 0 Å². The molecule has 0 spiro atoms. The van der Waals surface area contributed by atoms with Gasteiger partial charge >= 0.3 is 5.97 Å². The Hall–Kier alpha value is -0.900. The molecule has 2 fully saturated rings. The lowest BCUT2D eigenvalue weighted by molar-refractivity contribution is -0.150. The maximum Gasteiger partial charge on any atom is 0.302 e. The minimum atomic E-state index is -0.765. The van der Waals surface area contributed by atoms with Gasteiger partial charge in [0, 0.05) is 6.92 Å². The molecule has 4 nitrogen and oxygen atoms in total. The summed E-state index contributed by atoms with van der Waals surface area (Å²) >= 11 is 0. The number of esters is 1. The first-order chi connectivity index (χ1) is 9.65. The Bertz CT molecular complexity index is 427. The molecule has 4 heteroatoms. The number of carbonyl (C=O) groups excluding carboxylic acids is 2. The van der Waals surface area contributed by atoms with Crippen molar-refractivity contribution in [3.63, 3.8) is 0 Å². The van der Waals surface area contributed by atoms with Crippen LogP contribution in [0.3, 0.4) is 0 Å². The van der Waals surface area contributed by atoms with Crippen molar-refractivity contribution in [2.45, 2.75) is 65.6 Å². The molecule has 0 aromatic carbocycles. The molecular weight excluding hydrogens is 268 g/mol. The molecule has 2 rings (SSSR count). The maximum atomic E-state index is 12.2. The van der Waals surface area contributed by atoms with Crippen molar-refractivity contribution in [1.82, 2.24) is 0 Å². The van der Waals surface area contributed by atoms with E-state index in [4.69, 9.17) is 4.74 Å². The lowest BCUT2D eigenvalue weighted by atomic mass is 9.61. The van der Waals surface area contributed by atoms with Crippen molar-refractivity contribution < 1.29 is 19.4 Å². The highest BCUT2D eigenvalue weighted by molar-refractivity contribution is 5.80. The van der Waals surface area contributed by atoms with E-state index in [9.17, 15) is 14.7 Å². The highest BCUT2D eigenvalue weighted by atomic mass is 16.5. The van der Waals surface area contributed by atoms with E-state index >= 15 is 0 Å². The van der Waals surface area contributed by atoms with Gasteiger partial charge in [0.1, 0.15) is 11.9 Å². The number of ketones is 1. The number of aliphatic hydroxyl groups is 1. The zero-order valence-corrected chi connectivity index (χ0v) is 13.8. The van der Waals surface area contributed by atoms with Gasteiger partial charge in [-0.15, -0.1) is 0 Å². The number of rotatable bonds is 3. The largest absolute Gasteiger partial charge is 0.462 e. The van der Waals surface area contributed by atoms with Crippen LogP contribution < -0.4 is 0 Å². The predicted molar refractivity (Wildman–Crippen MR) is 79.5 cm³/mol. The van der Waals surface area contributed by atoms with E-state index in [2.05, 4.69) is 13.8 Å². The van der Waals surface area contributed by atoms with Crippen LogP contribution in [0.2, 0.25) is 0 Å². The number of hydrogen-bond acceptors (Lipinski definition) is 4. The Kier molecular flexibility index (Phi) is 4.48. The van der Waals surface area contributed by atoms with Gasteiger partial charge in [-0.3, -0.25) is 9.59 Å². The molecule has 2 saturated carbocycles. The van der Waals surface area contributed by atoms with Gasteiger partial charge in [0.2, 0.25) is 0 Å². The first kappa shape index (κ1) is 16.5. The highest BCUT2D eigenvalue weighted by Crippen LogP contribution is 2.55. The van der Waals surface area contributed by atoms with Gasteiger partial charge in [-0.1, -0.05) is 13.8 Å². The Morgan fingerprint density at radius 1 is 1.29 bits per heavy atom. The molecule has 21 heavy (non-hydrogen) atoms. The summed E-state index contributed by atoms with van der Waals surface area (Å²) in [5, 5.41) is 10.7. The normalized spacial score (nSPS) is 42.7. The summed E-state index contributed by atoms with van der Waals surface area (Å²) in [7, 11) is 0. The van der Waals surface area contributed by atoms with Crippen molar-refractivity contribution in [1.29, 1.82) is 0 Å². The van der Waals surface area contributed by atoms with E-state index in [1.54, 1.807) is 6.92 Å². The van der Waals surface area contributed by atoms with Gasteiger partial charge in [-0.2, -0.15) is 0 Å². The molecule has 6 atom stereocenters. The topological polar surface area (TPSA) is 63.6 Å². The summed E-state index contributed by atoms with van der Waals surface area (Å²) < 4.78 is 5.43. The molecule has 1 unspecified atom stereocenters. The Balaban J connectivity index is 2.37. The first-order valence-corrected chi connectivity index (χ1v) is 8.05. The van der Waals surface area contributed by atoms with Gasteiger partial charge in [-0.25, -0.2) is 0 Å². The van der Waals surface area contributed by atoms with Crippen LogP contribution in [0.5, 0.6) is 0 Å². The van der Waals surface area contributed by atoms with Crippen molar-refractivity contribution in [3.05, 3.63) is 0 Å². The van der Waals surface area contributed by atoms with E-state index in [0.29, 0.717) is 18.3 Å². The molecule has 120 valence electrons. The molecule has 0 aliphatic heterocycles. The Morgan fingerprint density at radius 3 is 2.38 bits per heavy atom. The van der Waals surface area contributed by atoms with E-state index in [-0.39, 0.29) is 35.6 Å². The number of carbonyl (C=O) groups is 2. The first-order valence-electron chi connectivity index (χ1n) is 8.05. The van der Waals surface area contributed by atoms with Gasteiger partial charge in [0.15, 0.2) is 0 Å². The van der Waals surface area contributed by atoms with Crippen molar-refractivity contribution in [3.8, 4) is 0 Å². The smallest absolute Gasteiger partial charge is 0.302 e. The summed E-state index contributed by atoms with van der Waals surface area (Å²) in [4.78, 5) is 23.6. The number of hydrogen-bond donors (Lipinski definition) is 1. The molecule has 0 aromatic heterocycles. The van der Waals surface area contributed by atoms with Crippen LogP contribution in [0.25, 0.3) is 0 Å². The molecule has 2 aliphatic carbocycles. The van der Waals surface area contributed by atoms with E-state index in [1.807, 2.05) is 6.92 Å². The van der Waals surface area contributed by atoms with Crippen LogP contribution in [0.15, 0.2) is 0 Å². The number of ether oxygens (including phenoxy) is 1. The quantitative estimate of drug-likeness (QED) is 0.813. The third kappa shape index (κ3) is 3.01. The standard InChI is InChI=1S/C17H28O4/c1-9(2)12-6-7-17(5,20)13-8-14(21-11(4)19)15(10(3)18)16(12)13/h9,12-16,20H,6-8H2,1-5H3/t12-,13+,14-,15?,16-,17+/m0/s1. The van der Waals surface area contributed by atoms with E-state index in [0.717, 1.165) is 12.8 Å². The second-order valence-electron chi connectivity index (χ2n) is 7.51. The minimum absolute atomic E-state index is 0.0388. The summed E-state index contributed by atoms with van der Waals surface area (Å²) in [5.74, 6) is 0.504. The molecule has 1 N–H and O–H groups in total. The van der Waals surface area contributed by atoms with E-state index < -0.39 is 5.60 Å². The fourth-order valence-corrected chi connectivity index (χ4v) is 4.77. The molecule has 0 bridgehead atoms. The summed E-state index contributed by atoms with van der Waals surface area (Å²) in [6.07, 6.45) is 1.92. The van der Waals surface area contributed by atoms with E-state index in [1.165, 1.54) is 6.92 Å². The van der Waals surface area contributed by atoms with Crippen LogP contribution in [0.4, 0.5) is 0 Å². The lowest BCUT2D eigenvalue weighted by Crippen LogP contribution is -2.47. The van der Waals surface area contributed by atoms with Crippen molar-refractivity contribution in [2.24, 2.45) is 29.6 Å². The number of Topliss-reactive ketones (excluding diaryl/α,β-unsaturated/α-hetero) is 1. The van der Waals surface area contributed by atoms with Crippen LogP contribution in [-0.4, -0.2) is 28.6 Å². The van der Waals surface area contributed by atoms with Crippen LogP contribution in [-0.2, 0) is 14.3 Å². The molecule has 0 radical (unpaired) electrons. The molecule has 2 aliphatic rings. The predicted octanol–water partition coefficient (Wildman–Crippen LogP) is 2.58. The Morgan fingerprint density at radius 2 is 1.90 bits per heavy atom. The SMILES string of the molecule is CC(=O)O[C@H]1C[C@@H]2[C@@H](C1C(C)=O)[C@H](C(C)C)CC[C@@]2(C)O. The second kappa shape index (κ2) is 5.71.